The van der Waals surface area contributed by atoms with Crippen molar-refractivity contribution in [2.75, 3.05) is 5.32 Å². The Kier molecular flexibility index (Phi) is 3.98. The van der Waals surface area contributed by atoms with Crippen LogP contribution in [0.15, 0.2) is 65.4 Å². The minimum absolute atomic E-state index is 0.211. The van der Waals surface area contributed by atoms with Crippen LogP contribution in [-0.2, 0) is 4.79 Å². The number of carbonyl (C=O) groups is 1. The molecule has 2 aromatic heterocycles. The van der Waals surface area contributed by atoms with Crippen molar-refractivity contribution < 1.29 is 9.21 Å². The maximum absolute atomic E-state index is 12.2. The van der Waals surface area contributed by atoms with E-state index in [0.29, 0.717) is 23.3 Å². The maximum atomic E-state index is 12.2. The van der Waals surface area contributed by atoms with Gasteiger partial charge in [0.25, 0.3) is 0 Å². The Balaban J connectivity index is 1.45. The van der Waals surface area contributed by atoms with Crippen LogP contribution in [0.1, 0.15) is 30.8 Å². The Morgan fingerprint density at radius 1 is 1.28 bits per heavy atom. The number of anilines is 1. The van der Waals surface area contributed by atoms with Crippen molar-refractivity contribution >= 4 is 17.7 Å². The fraction of sp³-hybridized carbons (Fsp3) is 0.200. The van der Waals surface area contributed by atoms with E-state index in [9.17, 15) is 4.79 Å². The van der Waals surface area contributed by atoms with E-state index in [0.717, 1.165) is 11.4 Å². The number of nitrogens with zero attached hydrogens (tertiary/aromatic N) is 2. The van der Waals surface area contributed by atoms with Gasteiger partial charge in [-0.15, -0.1) is 0 Å². The highest BCUT2D eigenvalue weighted by atomic mass is 16.3. The molecule has 1 saturated carbocycles. The molecule has 0 unspecified atom stereocenters. The van der Waals surface area contributed by atoms with Gasteiger partial charge in [0, 0.05) is 24.4 Å². The quantitative estimate of drug-likeness (QED) is 0.710. The van der Waals surface area contributed by atoms with Gasteiger partial charge in [0.15, 0.2) is 0 Å². The summed E-state index contributed by atoms with van der Waals surface area (Å²) in [4.78, 5) is 12.2. The van der Waals surface area contributed by atoms with Crippen molar-refractivity contribution in [2.24, 2.45) is 5.92 Å². The SMILES string of the molecule is C[C@@H]1C[C@H]1c1ccc(/C=C/C(=O)Nc2ccccc2-n2cccn2)o1. The van der Waals surface area contributed by atoms with Crippen LogP contribution in [0.2, 0.25) is 0 Å². The highest BCUT2D eigenvalue weighted by molar-refractivity contribution is 6.02. The zero-order valence-corrected chi connectivity index (χ0v) is 13.9. The number of amides is 1. The number of aromatic nitrogens is 2. The van der Waals surface area contributed by atoms with Crippen LogP contribution in [0.3, 0.4) is 0 Å². The highest BCUT2D eigenvalue weighted by Crippen LogP contribution is 2.47. The van der Waals surface area contributed by atoms with Gasteiger partial charge in [0.05, 0.1) is 11.4 Å². The molecule has 0 bridgehead atoms. The fourth-order valence-corrected chi connectivity index (χ4v) is 2.90. The number of rotatable bonds is 5. The van der Waals surface area contributed by atoms with Gasteiger partial charge in [-0.3, -0.25) is 4.79 Å². The van der Waals surface area contributed by atoms with E-state index in [1.807, 2.05) is 48.7 Å². The summed E-state index contributed by atoms with van der Waals surface area (Å²) in [5, 5.41) is 7.10. The lowest BCUT2D eigenvalue weighted by Crippen LogP contribution is -2.10. The molecule has 4 rings (SSSR count). The molecule has 5 nitrogen and oxygen atoms in total. The van der Waals surface area contributed by atoms with Gasteiger partial charge in [-0.25, -0.2) is 4.68 Å². The molecule has 0 saturated heterocycles. The Morgan fingerprint density at radius 2 is 2.12 bits per heavy atom. The summed E-state index contributed by atoms with van der Waals surface area (Å²) >= 11 is 0. The van der Waals surface area contributed by atoms with E-state index in [4.69, 9.17) is 4.42 Å². The number of nitrogens with one attached hydrogen (secondary N) is 1. The summed E-state index contributed by atoms with van der Waals surface area (Å²) in [6.45, 7) is 2.22. The summed E-state index contributed by atoms with van der Waals surface area (Å²) in [6.07, 6.45) is 7.90. The van der Waals surface area contributed by atoms with Crippen LogP contribution in [0.25, 0.3) is 11.8 Å². The first kappa shape index (κ1) is 15.4. The smallest absolute Gasteiger partial charge is 0.248 e. The highest BCUT2D eigenvalue weighted by Gasteiger charge is 2.36. The van der Waals surface area contributed by atoms with Crippen molar-refractivity contribution in [2.45, 2.75) is 19.3 Å². The molecule has 1 aliphatic carbocycles. The first-order chi connectivity index (χ1) is 12.2. The second-order valence-electron chi connectivity index (χ2n) is 6.35. The van der Waals surface area contributed by atoms with Crippen LogP contribution >= 0.6 is 0 Å². The predicted octanol–water partition coefficient (Wildman–Crippen LogP) is 4.24. The van der Waals surface area contributed by atoms with Crippen molar-refractivity contribution in [1.82, 2.24) is 9.78 Å². The number of benzene rings is 1. The molecule has 3 aromatic rings. The summed E-state index contributed by atoms with van der Waals surface area (Å²) < 4.78 is 7.50. The number of para-hydroxylation sites is 2. The minimum atomic E-state index is -0.211. The van der Waals surface area contributed by atoms with Crippen molar-refractivity contribution in [3.63, 3.8) is 0 Å². The summed E-state index contributed by atoms with van der Waals surface area (Å²) in [5.41, 5.74) is 1.52. The standard InChI is InChI=1S/C20H19N3O2/c1-14-13-16(14)19-9-7-15(25-19)8-10-20(24)22-17-5-2-3-6-18(17)23-12-4-11-21-23/h2-12,14,16H,13H2,1H3,(H,22,24)/b10-8+/t14-,16-/m1/s1. The molecule has 25 heavy (non-hydrogen) atoms. The minimum Gasteiger partial charge on any atom is -0.461 e. The van der Waals surface area contributed by atoms with Gasteiger partial charge in [-0.05, 0) is 48.7 Å². The molecule has 1 amide bonds. The van der Waals surface area contributed by atoms with E-state index >= 15 is 0 Å². The van der Waals surface area contributed by atoms with Crippen LogP contribution in [0, 0.1) is 5.92 Å². The van der Waals surface area contributed by atoms with Gasteiger partial charge >= 0.3 is 0 Å². The van der Waals surface area contributed by atoms with E-state index < -0.39 is 0 Å². The molecule has 1 aliphatic rings. The van der Waals surface area contributed by atoms with Gasteiger partial charge in [-0.2, -0.15) is 5.10 Å². The molecule has 0 radical (unpaired) electrons. The lowest BCUT2D eigenvalue weighted by molar-refractivity contribution is -0.111. The van der Waals surface area contributed by atoms with Gasteiger partial charge in [0.2, 0.25) is 5.91 Å². The van der Waals surface area contributed by atoms with Crippen LogP contribution in [0.4, 0.5) is 5.69 Å². The van der Waals surface area contributed by atoms with Crippen molar-refractivity contribution in [3.05, 3.63) is 72.5 Å². The van der Waals surface area contributed by atoms with Crippen LogP contribution < -0.4 is 5.32 Å². The monoisotopic (exact) mass is 333 g/mol. The van der Waals surface area contributed by atoms with Gasteiger partial charge < -0.3 is 9.73 Å². The lowest BCUT2D eigenvalue weighted by atomic mass is 10.2. The molecule has 1 N–H and O–H groups in total. The number of hydrogen-bond donors (Lipinski definition) is 1. The van der Waals surface area contributed by atoms with Crippen molar-refractivity contribution in [3.8, 4) is 5.69 Å². The molecule has 1 aromatic carbocycles. The zero-order valence-electron chi connectivity index (χ0n) is 13.9. The van der Waals surface area contributed by atoms with Crippen molar-refractivity contribution in [1.29, 1.82) is 0 Å². The summed E-state index contributed by atoms with van der Waals surface area (Å²) in [7, 11) is 0. The van der Waals surface area contributed by atoms with E-state index in [1.165, 1.54) is 12.5 Å². The number of furan rings is 1. The van der Waals surface area contributed by atoms with E-state index in [-0.39, 0.29) is 5.91 Å². The Hall–Kier alpha value is -3.08. The molecule has 0 aliphatic heterocycles. The van der Waals surface area contributed by atoms with Gasteiger partial charge in [-0.1, -0.05) is 19.1 Å². The molecular formula is C20H19N3O2. The summed E-state index contributed by atoms with van der Waals surface area (Å²) in [6, 6.07) is 13.3. The lowest BCUT2D eigenvalue weighted by Gasteiger charge is -2.09. The number of carbonyl (C=O) groups excluding carboxylic acids is 1. The normalized spacial score (nSPS) is 19.2. The topological polar surface area (TPSA) is 60.1 Å². The van der Waals surface area contributed by atoms with Crippen LogP contribution in [0.5, 0.6) is 0 Å². The molecule has 0 spiro atoms. The van der Waals surface area contributed by atoms with Gasteiger partial charge in [0.1, 0.15) is 11.5 Å². The summed E-state index contributed by atoms with van der Waals surface area (Å²) in [5.74, 6) is 2.74. The van der Waals surface area contributed by atoms with Crippen LogP contribution in [-0.4, -0.2) is 15.7 Å². The first-order valence-corrected chi connectivity index (χ1v) is 8.38. The molecular weight excluding hydrogens is 314 g/mol. The Labute approximate surface area is 146 Å². The largest absolute Gasteiger partial charge is 0.461 e. The molecule has 126 valence electrons. The maximum Gasteiger partial charge on any atom is 0.248 e. The molecule has 2 atom stereocenters. The third-order valence-electron chi connectivity index (χ3n) is 4.43. The molecule has 1 fully saturated rings. The zero-order chi connectivity index (χ0) is 17.2. The van der Waals surface area contributed by atoms with E-state index in [2.05, 4.69) is 17.3 Å². The molecule has 5 heteroatoms. The second kappa shape index (κ2) is 6.43. The van der Waals surface area contributed by atoms with E-state index in [1.54, 1.807) is 17.0 Å². The second-order valence-corrected chi connectivity index (χ2v) is 6.35. The third kappa shape index (κ3) is 3.40. The first-order valence-electron chi connectivity index (χ1n) is 8.38. The average Bonchev–Trinajstić information content (AvgIpc) is 3.05. The third-order valence-corrected chi connectivity index (χ3v) is 4.43. The Bertz CT molecular complexity index is 909. The Morgan fingerprint density at radius 3 is 2.88 bits per heavy atom. The predicted molar refractivity (Wildman–Crippen MR) is 96.5 cm³/mol. The fourth-order valence-electron chi connectivity index (χ4n) is 2.90. The average molecular weight is 333 g/mol. The molecule has 2 heterocycles. The number of hydrogen-bond acceptors (Lipinski definition) is 3.